The molecule has 0 aliphatic heterocycles. The maximum atomic E-state index is 2.21. The van der Waals surface area contributed by atoms with E-state index in [0.29, 0.717) is 0 Å². The average molecular weight is 459 g/mol. The highest BCUT2D eigenvalue weighted by atomic mass is 14.1. The van der Waals surface area contributed by atoms with Crippen molar-refractivity contribution in [2.45, 2.75) is 0 Å². The first kappa shape index (κ1) is 21.8. The van der Waals surface area contributed by atoms with Gasteiger partial charge in [-0.05, 0) is 54.6 Å². The molecule has 36 heavy (non-hydrogen) atoms. The molecule has 0 nitrogen and oxygen atoms in total. The molecule has 0 amide bonds. The summed E-state index contributed by atoms with van der Waals surface area (Å²) in [4.78, 5) is 0. The van der Waals surface area contributed by atoms with Crippen molar-refractivity contribution in [2.75, 3.05) is 0 Å². The average Bonchev–Trinajstić information content (AvgIpc) is 2.99. The van der Waals surface area contributed by atoms with Gasteiger partial charge in [-0.3, -0.25) is 0 Å². The Labute approximate surface area is 212 Å². The van der Waals surface area contributed by atoms with Crippen LogP contribution in [0.15, 0.2) is 158 Å². The van der Waals surface area contributed by atoms with Crippen LogP contribution in [0.3, 0.4) is 0 Å². The van der Waals surface area contributed by atoms with Crippen molar-refractivity contribution >= 4 is 32.3 Å². The standard InChI is InChI=1S/C18H12.C18H14/c1-2-8-14-13(7-1)15-9-3-4-11-17(15)18-12-6-5-10-16(14)18;1-3-9-15(10-4-1)17-13-7-8-14-18(17)16-11-5-2-6-12-16/h1-12H;1-14H. The summed E-state index contributed by atoms with van der Waals surface area (Å²) in [6.07, 6.45) is 0. The summed E-state index contributed by atoms with van der Waals surface area (Å²) in [5.41, 5.74) is 5.09. The van der Waals surface area contributed by atoms with E-state index >= 15 is 0 Å². The molecule has 0 aliphatic carbocycles. The van der Waals surface area contributed by atoms with Crippen LogP contribution in [0.4, 0.5) is 0 Å². The van der Waals surface area contributed by atoms with Crippen LogP contribution in [-0.2, 0) is 0 Å². The van der Waals surface area contributed by atoms with Gasteiger partial charge in [0.15, 0.2) is 0 Å². The molecule has 0 spiro atoms. The van der Waals surface area contributed by atoms with Gasteiger partial charge in [-0.1, -0.05) is 158 Å². The lowest BCUT2D eigenvalue weighted by Crippen LogP contribution is -1.83. The van der Waals surface area contributed by atoms with Crippen LogP contribution < -0.4 is 0 Å². The van der Waals surface area contributed by atoms with Crippen LogP contribution in [0.5, 0.6) is 0 Å². The normalized spacial score (nSPS) is 10.8. The Kier molecular flexibility index (Phi) is 6.00. The molecule has 0 atom stereocenters. The Morgan fingerprint density at radius 3 is 0.694 bits per heavy atom. The zero-order chi connectivity index (χ0) is 24.2. The zero-order valence-corrected chi connectivity index (χ0v) is 20.0. The van der Waals surface area contributed by atoms with Crippen LogP contribution in [0.1, 0.15) is 0 Å². The third-order valence-corrected chi connectivity index (χ3v) is 6.75. The fourth-order valence-corrected chi connectivity index (χ4v) is 5.08. The molecule has 0 N–H and O–H groups in total. The van der Waals surface area contributed by atoms with Gasteiger partial charge in [0.1, 0.15) is 0 Å². The third kappa shape index (κ3) is 4.15. The molecule has 7 rings (SSSR count). The van der Waals surface area contributed by atoms with Crippen molar-refractivity contribution in [1.29, 1.82) is 0 Å². The predicted molar refractivity (Wildman–Crippen MR) is 156 cm³/mol. The molecule has 0 radical (unpaired) electrons. The molecule has 0 saturated carbocycles. The molecule has 0 unspecified atom stereocenters. The largest absolute Gasteiger partial charge is 0.0622 e. The predicted octanol–water partition coefficient (Wildman–Crippen LogP) is 10.2. The molecule has 7 aromatic carbocycles. The molecule has 0 heteroatoms. The Bertz CT molecular complexity index is 1480. The van der Waals surface area contributed by atoms with Gasteiger partial charge in [0.25, 0.3) is 0 Å². The van der Waals surface area contributed by atoms with E-state index in [1.165, 1.54) is 54.6 Å². The van der Waals surface area contributed by atoms with Crippen molar-refractivity contribution in [2.24, 2.45) is 0 Å². The van der Waals surface area contributed by atoms with Gasteiger partial charge >= 0.3 is 0 Å². The number of benzene rings is 7. The van der Waals surface area contributed by atoms with Crippen molar-refractivity contribution in [1.82, 2.24) is 0 Å². The lowest BCUT2D eigenvalue weighted by molar-refractivity contribution is 1.58. The van der Waals surface area contributed by atoms with Crippen molar-refractivity contribution in [3.63, 3.8) is 0 Å². The van der Waals surface area contributed by atoms with Crippen LogP contribution >= 0.6 is 0 Å². The molecular weight excluding hydrogens is 432 g/mol. The summed E-state index contributed by atoms with van der Waals surface area (Å²) in [5, 5.41) is 8.04. The fourth-order valence-electron chi connectivity index (χ4n) is 5.08. The molecule has 0 aromatic heterocycles. The highest BCUT2D eigenvalue weighted by molar-refractivity contribution is 6.25. The second-order valence-corrected chi connectivity index (χ2v) is 8.91. The molecule has 0 aliphatic rings. The van der Waals surface area contributed by atoms with Crippen molar-refractivity contribution in [3.05, 3.63) is 158 Å². The second kappa shape index (κ2) is 9.90. The number of hydrogen-bond acceptors (Lipinski definition) is 0. The minimum absolute atomic E-state index is 1.26. The summed E-state index contributed by atoms with van der Waals surface area (Å²) >= 11 is 0. The van der Waals surface area contributed by atoms with Crippen LogP contribution in [0, 0.1) is 0 Å². The van der Waals surface area contributed by atoms with Crippen molar-refractivity contribution < 1.29 is 0 Å². The van der Waals surface area contributed by atoms with Gasteiger partial charge in [-0.25, -0.2) is 0 Å². The fraction of sp³-hybridized carbons (Fsp3) is 0. The van der Waals surface area contributed by atoms with Gasteiger partial charge in [0.05, 0.1) is 0 Å². The lowest BCUT2D eigenvalue weighted by atomic mass is 9.95. The molecule has 7 aromatic rings. The van der Waals surface area contributed by atoms with Gasteiger partial charge in [0.2, 0.25) is 0 Å². The molecular formula is C36H26. The first-order chi connectivity index (χ1) is 17.9. The molecule has 170 valence electrons. The number of fused-ring (bicyclic) bond motifs is 6. The first-order valence-corrected chi connectivity index (χ1v) is 12.4. The maximum Gasteiger partial charge on any atom is -0.00990 e. The van der Waals surface area contributed by atoms with Crippen LogP contribution in [0.25, 0.3) is 54.6 Å². The summed E-state index contributed by atoms with van der Waals surface area (Å²) < 4.78 is 0. The van der Waals surface area contributed by atoms with E-state index in [2.05, 4.69) is 158 Å². The Morgan fingerprint density at radius 1 is 0.194 bits per heavy atom. The maximum absolute atomic E-state index is 2.21. The highest BCUT2D eigenvalue weighted by Gasteiger charge is 2.07. The molecule has 0 fully saturated rings. The molecule has 0 heterocycles. The Balaban J connectivity index is 0.000000133. The van der Waals surface area contributed by atoms with Crippen LogP contribution in [-0.4, -0.2) is 0 Å². The van der Waals surface area contributed by atoms with E-state index in [1.807, 2.05) is 0 Å². The van der Waals surface area contributed by atoms with E-state index in [1.54, 1.807) is 0 Å². The smallest absolute Gasteiger partial charge is 0.00990 e. The minimum Gasteiger partial charge on any atom is -0.0622 e. The lowest BCUT2D eigenvalue weighted by Gasteiger charge is -2.09. The number of hydrogen-bond donors (Lipinski definition) is 0. The van der Waals surface area contributed by atoms with E-state index in [9.17, 15) is 0 Å². The molecule has 0 bridgehead atoms. The summed E-state index contributed by atoms with van der Waals surface area (Å²) in [6.45, 7) is 0. The topological polar surface area (TPSA) is 0 Å². The quantitative estimate of drug-likeness (QED) is 0.226. The monoisotopic (exact) mass is 458 g/mol. The summed E-state index contributed by atoms with van der Waals surface area (Å²) in [5.74, 6) is 0. The van der Waals surface area contributed by atoms with Gasteiger partial charge in [0, 0.05) is 0 Å². The Hall–Kier alpha value is -4.68. The Morgan fingerprint density at radius 2 is 0.417 bits per heavy atom. The SMILES string of the molecule is c1ccc(-c2ccccc2-c2ccccc2)cc1.c1ccc2c(c1)c1ccccc1c1ccccc21. The van der Waals surface area contributed by atoms with Gasteiger partial charge in [-0.15, -0.1) is 0 Å². The molecule has 0 saturated heterocycles. The number of rotatable bonds is 2. The van der Waals surface area contributed by atoms with E-state index in [0.717, 1.165) is 0 Å². The summed E-state index contributed by atoms with van der Waals surface area (Å²) in [7, 11) is 0. The first-order valence-electron chi connectivity index (χ1n) is 12.4. The second-order valence-electron chi connectivity index (χ2n) is 8.91. The minimum atomic E-state index is 1.26. The van der Waals surface area contributed by atoms with E-state index in [4.69, 9.17) is 0 Å². The zero-order valence-electron chi connectivity index (χ0n) is 20.0. The van der Waals surface area contributed by atoms with Crippen molar-refractivity contribution in [3.8, 4) is 22.3 Å². The third-order valence-electron chi connectivity index (χ3n) is 6.75. The van der Waals surface area contributed by atoms with Gasteiger partial charge in [-0.2, -0.15) is 0 Å². The summed E-state index contributed by atoms with van der Waals surface area (Å²) in [6, 6.07) is 55.5. The van der Waals surface area contributed by atoms with Gasteiger partial charge < -0.3 is 0 Å². The highest BCUT2D eigenvalue weighted by Crippen LogP contribution is 2.34. The van der Waals surface area contributed by atoms with Crippen LogP contribution in [0.2, 0.25) is 0 Å². The van der Waals surface area contributed by atoms with E-state index in [-0.39, 0.29) is 0 Å². The van der Waals surface area contributed by atoms with E-state index < -0.39 is 0 Å².